The molecule has 0 aromatic heterocycles. The molecule has 0 radical (unpaired) electrons. The Balaban J connectivity index is 2.11. The molecule has 2 aliphatic carbocycles. The van der Waals surface area contributed by atoms with Crippen molar-refractivity contribution in [1.29, 1.82) is 0 Å². The topological polar surface area (TPSA) is 37.3 Å². The molecule has 0 heterocycles. The number of rotatable bonds is 1. The van der Waals surface area contributed by atoms with Crippen molar-refractivity contribution in [1.82, 2.24) is 0 Å². The van der Waals surface area contributed by atoms with Gasteiger partial charge in [0, 0.05) is 0 Å². The fourth-order valence-electron chi connectivity index (χ4n) is 3.15. The third-order valence-corrected chi connectivity index (χ3v) is 3.92. The summed E-state index contributed by atoms with van der Waals surface area (Å²) >= 11 is 0. The Labute approximate surface area is 73.0 Å². The maximum atomic E-state index is 10.8. The van der Waals surface area contributed by atoms with E-state index in [4.69, 9.17) is 5.11 Å². The molecule has 3 atom stereocenters. The third kappa shape index (κ3) is 1.05. The molecule has 2 unspecified atom stereocenters. The lowest BCUT2D eigenvalue weighted by molar-refractivity contribution is -0.141. The molecule has 2 rings (SSSR count). The number of aliphatic carboxylic acids is 1. The van der Waals surface area contributed by atoms with E-state index in [0.717, 1.165) is 12.8 Å². The first-order chi connectivity index (χ1) is 5.62. The van der Waals surface area contributed by atoms with Crippen molar-refractivity contribution in [3.63, 3.8) is 0 Å². The largest absolute Gasteiger partial charge is 0.481 e. The van der Waals surface area contributed by atoms with Crippen LogP contribution in [0.5, 0.6) is 0 Å². The molecule has 12 heavy (non-hydrogen) atoms. The second-order valence-corrected chi connectivity index (χ2v) is 4.72. The average molecular weight is 168 g/mol. The second-order valence-electron chi connectivity index (χ2n) is 4.72. The monoisotopic (exact) mass is 168 g/mol. The van der Waals surface area contributed by atoms with Crippen molar-refractivity contribution in [2.45, 2.75) is 39.0 Å². The molecule has 0 spiro atoms. The Morgan fingerprint density at radius 1 is 1.58 bits per heavy atom. The van der Waals surface area contributed by atoms with Gasteiger partial charge in [-0.05, 0) is 37.0 Å². The van der Waals surface area contributed by atoms with Gasteiger partial charge in [-0.3, -0.25) is 4.79 Å². The maximum Gasteiger partial charge on any atom is 0.306 e. The summed E-state index contributed by atoms with van der Waals surface area (Å²) < 4.78 is 0. The molecule has 0 amide bonds. The van der Waals surface area contributed by atoms with Gasteiger partial charge in [-0.1, -0.05) is 13.3 Å². The van der Waals surface area contributed by atoms with Crippen LogP contribution in [0.1, 0.15) is 39.0 Å². The summed E-state index contributed by atoms with van der Waals surface area (Å²) in [7, 11) is 0. The fourth-order valence-corrected chi connectivity index (χ4v) is 3.15. The van der Waals surface area contributed by atoms with Crippen LogP contribution in [0, 0.1) is 17.3 Å². The molecule has 0 bridgehead atoms. The van der Waals surface area contributed by atoms with Crippen LogP contribution >= 0.6 is 0 Å². The molecule has 0 aromatic carbocycles. The minimum absolute atomic E-state index is 0.0414. The Bertz CT molecular complexity index is 212. The number of fused-ring (bicyclic) bond motifs is 1. The molecule has 2 saturated carbocycles. The highest BCUT2D eigenvalue weighted by Gasteiger charge is 2.48. The number of carbonyl (C=O) groups is 1. The zero-order chi connectivity index (χ0) is 8.77. The van der Waals surface area contributed by atoms with Gasteiger partial charge in [0.25, 0.3) is 0 Å². The summed E-state index contributed by atoms with van der Waals surface area (Å²) in [5.41, 5.74) is 0.378. The van der Waals surface area contributed by atoms with Crippen molar-refractivity contribution in [3.8, 4) is 0 Å². The smallest absolute Gasteiger partial charge is 0.306 e. The number of carboxylic acids is 1. The molecule has 0 aliphatic heterocycles. The fraction of sp³-hybridized carbons (Fsp3) is 0.900. The third-order valence-electron chi connectivity index (χ3n) is 3.92. The lowest BCUT2D eigenvalue weighted by Gasteiger charge is -2.22. The van der Waals surface area contributed by atoms with Crippen LogP contribution in [0.4, 0.5) is 0 Å². The molecule has 2 heteroatoms. The van der Waals surface area contributed by atoms with E-state index >= 15 is 0 Å². The summed E-state index contributed by atoms with van der Waals surface area (Å²) in [5.74, 6) is 0.0875. The van der Waals surface area contributed by atoms with Gasteiger partial charge in [0.2, 0.25) is 0 Å². The standard InChI is InChI=1S/C10H16O2/c1-10-4-2-3-8(10)5-7(6-10)9(11)12/h7-8H,2-6H2,1H3,(H,11,12)/t7-,8?,10?/m1/s1. The van der Waals surface area contributed by atoms with Gasteiger partial charge in [0.1, 0.15) is 0 Å². The summed E-state index contributed by atoms with van der Waals surface area (Å²) in [6.07, 6.45) is 5.69. The summed E-state index contributed by atoms with van der Waals surface area (Å²) in [6.45, 7) is 2.27. The van der Waals surface area contributed by atoms with Gasteiger partial charge in [-0.25, -0.2) is 0 Å². The zero-order valence-electron chi connectivity index (χ0n) is 7.55. The summed E-state index contributed by atoms with van der Waals surface area (Å²) in [6, 6.07) is 0. The highest BCUT2D eigenvalue weighted by molar-refractivity contribution is 5.70. The van der Waals surface area contributed by atoms with E-state index in [0.29, 0.717) is 11.3 Å². The van der Waals surface area contributed by atoms with Crippen LogP contribution in [-0.4, -0.2) is 11.1 Å². The normalized spacial score (nSPS) is 46.1. The summed E-state index contributed by atoms with van der Waals surface area (Å²) in [4.78, 5) is 10.8. The first kappa shape index (κ1) is 8.09. The highest BCUT2D eigenvalue weighted by atomic mass is 16.4. The van der Waals surface area contributed by atoms with Crippen molar-refractivity contribution < 1.29 is 9.90 Å². The minimum Gasteiger partial charge on any atom is -0.481 e. The van der Waals surface area contributed by atoms with Crippen molar-refractivity contribution in [2.24, 2.45) is 17.3 Å². The lowest BCUT2D eigenvalue weighted by Crippen LogP contribution is -2.15. The zero-order valence-corrected chi connectivity index (χ0v) is 7.55. The van der Waals surface area contributed by atoms with Crippen molar-refractivity contribution >= 4 is 5.97 Å². The number of hydrogen-bond donors (Lipinski definition) is 1. The first-order valence-electron chi connectivity index (χ1n) is 4.85. The van der Waals surface area contributed by atoms with E-state index in [2.05, 4.69) is 6.92 Å². The number of hydrogen-bond acceptors (Lipinski definition) is 1. The molecule has 68 valence electrons. The molecule has 0 aromatic rings. The van der Waals surface area contributed by atoms with Gasteiger partial charge >= 0.3 is 5.97 Å². The maximum absolute atomic E-state index is 10.8. The average Bonchev–Trinajstić information content (AvgIpc) is 2.41. The Kier molecular flexibility index (Phi) is 1.67. The van der Waals surface area contributed by atoms with Gasteiger partial charge in [-0.2, -0.15) is 0 Å². The predicted octanol–water partition coefficient (Wildman–Crippen LogP) is 2.29. The van der Waals surface area contributed by atoms with E-state index in [1.54, 1.807) is 0 Å². The van der Waals surface area contributed by atoms with Crippen LogP contribution in [0.25, 0.3) is 0 Å². The Morgan fingerprint density at radius 2 is 2.33 bits per heavy atom. The molecule has 2 nitrogen and oxygen atoms in total. The lowest BCUT2D eigenvalue weighted by atomic mass is 9.82. The van der Waals surface area contributed by atoms with Gasteiger partial charge in [-0.15, -0.1) is 0 Å². The molecule has 0 saturated heterocycles. The molecular weight excluding hydrogens is 152 g/mol. The minimum atomic E-state index is -0.578. The predicted molar refractivity (Wildman–Crippen MR) is 45.8 cm³/mol. The van der Waals surface area contributed by atoms with E-state index in [1.165, 1.54) is 19.3 Å². The van der Waals surface area contributed by atoms with E-state index in [9.17, 15) is 4.79 Å². The van der Waals surface area contributed by atoms with Crippen molar-refractivity contribution in [3.05, 3.63) is 0 Å². The molecular formula is C10H16O2. The van der Waals surface area contributed by atoms with Crippen LogP contribution in [0.2, 0.25) is 0 Å². The van der Waals surface area contributed by atoms with Crippen LogP contribution in [0.3, 0.4) is 0 Å². The van der Waals surface area contributed by atoms with E-state index in [-0.39, 0.29) is 5.92 Å². The molecule has 2 fully saturated rings. The van der Waals surface area contributed by atoms with Crippen LogP contribution in [-0.2, 0) is 4.79 Å². The van der Waals surface area contributed by atoms with Gasteiger partial charge in [0.05, 0.1) is 5.92 Å². The number of carboxylic acid groups (broad SMARTS) is 1. The summed E-state index contributed by atoms with van der Waals surface area (Å²) in [5, 5.41) is 8.88. The second kappa shape index (κ2) is 2.48. The van der Waals surface area contributed by atoms with Crippen LogP contribution in [0.15, 0.2) is 0 Å². The Morgan fingerprint density at radius 3 is 2.92 bits per heavy atom. The SMILES string of the molecule is CC12CCCC1C[C@@H](C(=O)O)C2. The molecule has 1 N–H and O–H groups in total. The van der Waals surface area contributed by atoms with E-state index in [1.807, 2.05) is 0 Å². The highest BCUT2D eigenvalue weighted by Crippen LogP contribution is 2.55. The molecule has 2 aliphatic rings. The Hall–Kier alpha value is -0.530. The van der Waals surface area contributed by atoms with Gasteiger partial charge < -0.3 is 5.11 Å². The van der Waals surface area contributed by atoms with Crippen molar-refractivity contribution in [2.75, 3.05) is 0 Å². The van der Waals surface area contributed by atoms with E-state index < -0.39 is 5.97 Å². The first-order valence-corrected chi connectivity index (χ1v) is 4.85. The van der Waals surface area contributed by atoms with Crippen LogP contribution < -0.4 is 0 Å². The van der Waals surface area contributed by atoms with Gasteiger partial charge in [0.15, 0.2) is 0 Å². The quantitative estimate of drug-likeness (QED) is 0.652.